The third-order valence-corrected chi connectivity index (χ3v) is 3.79. The van der Waals surface area contributed by atoms with Gasteiger partial charge in [0.05, 0.1) is 6.61 Å². The minimum absolute atomic E-state index is 0.125. The third-order valence-electron chi connectivity index (χ3n) is 3.79. The molecular formula is C16H29NO4. The van der Waals surface area contributed by atoms with Gasteiger partial charge in [-0.2, -0.15) is 0 Å². The Kier molecular flexibility index (Phi) is 6.49. The smallest absolute Gasteiger partial charge is 0.410 e. The van der Waals surface area contributed by atoms with E-state index in [0.29, 0.717) is 38.0 Å². The number of nitrogens with zero attached hydrogens (tertiary/aromatic N) is 1. The van der Waals surface area contributed by atoms with E-state index in [2.05, 4.69) is 6.92 Å². The average molecular weight is 299 g/mol. The molecule has 0 N–H and O–H groups in total. The highest BCUT2D eigenvalue weighted by atomic mass is 16.6. The number of hydrogen-bond donors (Lipinski definition) is 0. The summed E-state index contributed by atoms with van der Waals surface area (Å²) in [7, 11) is 0. The third kappa shape index (κ3) is 6.36. The summed E-state index contributed by atoms with van der Waals surface area (Å²) in [5, 5.41) is 0. The standard InChI is InChI=1S/C16H29NO4/c1-6-20-14(18)11-12(2)13-7-9-17(10-8-13)15(19)21-16(3,4)5/h12-13H,6-11H2,1-5H3/t12-/m0/s1. The van der Waals surface area contributed by atoms with Crippen LogP contribution in [0.3, 0.4) is 0 Å². The Balaban J connectivity index is 2.38. The van der Waals surface area contributed by atoms with Crippen molar-refractivity contribution in [2.75, 3.05) is 19.7 Å². The summed E-state index contributed by atoms with van der Waals surface area (Å²) >= 11 is 0. The first-order valence-electron chi connectivity index (χ1n) is 7.86. The Morgan fingerprint density at radius 1 is 1.24 bits per heavy atom. The Hall–Kier alpha value is -1.26. The molecule has 1 saturated heterocycles. The highest BCUT2D eigenvalue weighted by Gasteiger charge is 2.29. The molecule has 21 heavy (non-hydrogen) atoms. The molecule has 0 aromatic heterocycles. The van der Waals surface area contributed by atoms with Crippen LogP contribution in [0.4, 0.5) is 4.79 Å². The zero-order valence-electron chi connectivity index (χ0n) is 14.0. The predicted molar refractivity (Wildman–Crippen MR) is 80.9 cm³/mol. The monoisotopic (exact) mass is 299 g/mol. The van der Waals surface area contributed by atoms with Crippen molar-refractivity contribution in [2.24, 2.45) is 11.8 Å². The van der Waals surface area contributed by atoms with Gasteiger partial charge in [0.15, 0.2) is 0 Å². The first-order valence-corrected chi connectivity index (χ1v) is 7.86. The number of carbonyl (C=O) groups excluding carboxylic acids is 2. The molecule has 1 atom stereocenters. The maximum atomic E-state index is 12.0. The van der Waals surface area contributed by atoms with Gasteiger partial charge in [0.25, 0.3) is 0 Å². The number of likely N-dealkylation sites (tertiary alicyclic amines) is 1. The summed E-state index contributed by atoms with van der Waals surface area (Å²) in [6.07, 6.45) is 2.06. The summed E-state index contributed by atoms with van der Waals surface area (Å²) in [4.78, 5) is 25.3. The van der Waals surface area contributed by atoms with Crippen molar-refractivity contribution < 1.29 is 19.1 Å². The molecule has 0 saturated carbocycles. The van der Waals surface area contributed by atoms with Gasteiger partial charge < -0.3 is 14.4 Å². The first kappa shape index (κ1) is 17.8. The molecule has 0 aliphatic carbocycles. The van der Waals surface area contributed by atoms with E-state index in [1.165, 1.54) is 0 Å². The molecule has 0 unspecified atom stereocenters. The summed E-state index contributed by atoms with van der Waals surface area (Å²) in [5.41, 5.74) is -0.453. The van der Waals surface area contributed by atoms with E-state index in [-0.39, 0.29) is 12.1 Å². The lowest BCUT2D eigenvalue weighted by atomic mass is 9.84. The van der Waals surface area contributed by atoms with E-state index < -0.39 is 5.60 Å². The predicted octanol–water partition coefficient (Wildman–Crippen LogP) is 3.22. The van der Waals surface area contributed by atoms with E-state index in [4.69, 9.17) is 9.47 Å². The van der Waals surface area contributed by atoms with Crippen LogP contribution in [0, 0.1) is 11.8 Å². The Morgan fingerprint density at radius 3 is 2.29 bits per heavy atom. The minimum atomic E-state index is -0.453. The van der Waals surface area contributed by atoms with Gasteiger partial charge in [0, 0.05) is 19.5 Å². The number of hydrogen-bond acceptors (Lipinski definition) is 4. The van der Waals surface area contributed by atoms with E-state index in [0.717, 1.165) is 12.8 Å². The highest BCUT2D eigenvalue weighted by molar-refractivity contribution is 5.69. The van der Waals surface area contributed by atoms with Gasteiger partial charge in [-0.15, -0.1) is 0 Å². The number of amides is 1. The summed E-state index contributed by atoms with van der Waals surface area (Å²) in [6.45, 7) is 11.4. The summed E-state index contributed by atoms with van der Waals surface area (Å²) in [5.74, 6) is 0.637. The molecule has 0 radical (unpaired) electrons. The fourth-order valence-corrected chi connectivity index (χ4v) is 2.63. The van der Waals surface area contributed by atoms with Crippen LogP contribution in [-0.2, 0) is 14.3 Å². The lowest BCUT2D eigenvalue weighted by Crippen LogP contribution is -2.42. The van der Waals surface area contributed by atoms with Gasteiger partial charge in [-0.1, -0.05) is 6.92 Å². The number of carbonyl (C=O) groups is 2. The Morgan fingerprint density at radius 2 is 1.81 bits per heavy atom. The van der Waals surface area contributed by atoms with Crippen molar-refractivity contribution in [3.05, 3.63) is 0 Å². The van der Waals surface area contributed by atoms with Crippen molar-refractivity contribution in [3.8, 4) is 0 Å². The van der Waals surface area contributed by atoms with Gasteiger partial charge in [-0.05, 0) is 52.4 Å². The van der Waals surface area contributed by atoms with Gasteiger partial charge in [0.2, 0.25) is 0 Å². The molecule has 0 aromatic rings. The second-order valence-electron chi connectivity index (χ2n) is 6.79. The van der Waals surface area contributed by atoms with Crippen LogP contribution in [0.2, 0.25) is 0 Å². The zero-order valence-corrected chi connectivity index (χ0v) is 14.0. The van der Waals surface area contributed by atoms with Crippen LogP contribution in [0.15, 0.2) is 0 Å². The van der Waals surface area contributed by atoms with Crippen molar-refractivity contribution in [1.82, 2.24) is 4.90 Å². The van der Waals surface area contributed by atoms with E-state index in [9.17, 15) is 9.59 Å². The molecule has 1 rings (SSSR count). The van der Waals surface area contributed by atoms with Crippen LogP contribution in [0.25, 0.3) is 0 Å². The van der Waals surface area contributed by atoms with Gasteiger partial charge in [-0.3, -0.25) is 4.79 Å². The molecule has 5 nitrogen and oxygen atoms in total. The van der Waals surface area contributed by atoms with Crippen LogP contribution < -0.4 is 0 Å². The van der Waals surface area contributed by atoms with E-state index in [1.54, 1.807) is 4.90 Å². The lowest BCUT2D eigenvalue weighted by molar-refractivity contribution is -0.144. The molecule has 0 spiro atoms. The largest absolute Gasteiger partial charge is 0.466 e. The molecule has 5 heteroatoms. The van der Waals surface area contributed by atoms with Crippen LogP contribution >= 0.6 is 0 Å². The molecule has 0 aromatic carbocycles. The quantitative estimate of drug-likeness (QED) is 0.748. The number of esters is 1. The van der Waals surface area contributed by atoms with Crippen LogP contribution in [0.5, 0.6) is 0 Å². The van der Waals surface area contributed by atoms with Crippen molar-refractivity contribution in [2.45, 2.75) is 59.5 Å². The molecule has 1 aliphatic heterocycles. The SMILES string of the molecule is CCOC(=O)C[C@H](C)C1CCN(C(=O)OC(C)(C)C)CC1. The van der Waals surface area contributed by atoms with Crippen molar-refractivity contribution in [1.29, 1.82) is 0 Å². The average Bonchev–Trinajstić information content (AvgIpc) is 2.37. The molecule has 122 valence electrons. The van der Waals surface area contributed by atoms with Crippen LogP contribution in [-0.4, -0.2) is 42.3 Å². The van der Waals surface area contributed by atoms with E-state index in [1.807, 2.05) is 27.7 Å². The second kappa shape index (κ2) is 7.66. The van der Waals surface area contributed by atoms with Gasteiger partial charge in [-0.25, -0.2) is 4.79 Å². The van der Waals surface area contributed by atoms with Gasteiger partial charge in [0.1, 0.15) is 5.60 Å². The summed E-state index contributed by atoms with van der Waals surface area (Å²) in [6, 6.07) is 0. The fourth-order valence-electron chi connectivity index (χ4n) is 2.63. The molecule has 1 fully saturated rings. The highest BCUT2D eigenvalue weighted by Crippen LogP contribution is 2.28. The normalized spacial score (nSPS) is 18.2. The number of rotatable bonds is 4. The van der Waals surface area contributed by atoms with Crippen molar-refractivity contribution in [3.63, 3.8) is 0 Å². The topological polar surface area (TPSA) is 55.8 Å². The number of piperidine rings is 1. The minimum Gasteiger partial charge on any atom is -0.466 e. The maximum Gasteiger partial charge on any atom is 0.410 e. The van der Waals surface area contributed by atoms with Crippen molar-refractivity contribution >= 4 is 12.1 Å². The Labute approximate surface area is 128 Å². The van der Waals surface area contributed by atoms with Gasteiger partial charge >= 0.3 is 12.1 Å². The van der Waals surface area contributed by atoms with E-state index >= 15 is 0 Å². The number of ether oxygens (including phenoxy) is 2. The second-order valence-corrected chi connectivity index (χ2v) is 6.79. The molecule has 1 amide bonds. The molecule has 1 heterocycles. The summed E-state index contributed by atoms with van der Waals surface area (Å²) < 4.78 is 10.4. The first-order chi connectivity index (χ1) is 9.73. The molecular weight excluding hydrogens is 270 g/mol. The molecule has 1 aliphatic rings. The fraction of sp³-hybridized carbons (Fsp3) is 0.875. The Bertz CT molecular complexity index is 354. The lowest BCUT2D eigenvalue weighted by Gasteiger charge is -2.35. The zero-order chi connectivity index (χ0) is 16.0. The molecule has 0 bridgehead atoms. The van der Waals surface area contributed by atoms with Crippen LogP contribution in [0.1, 0.15) is 53.9 Å². The maximum absolute atomic E-state index is 12.0.